The zero-order valence-electron chi connectivity index (χ0n) is 12.9. The highest BCUT2D eigenvalue weighted by atomic mass is 14.8. The fourth-order valence-electron chi connectivity index (χ4n) is 2.86. The monoisotopic (exact) mass is 269 g/mol. The van der Waals surface area contributed by atoms with Crippen molar-refractivity contribution in [3.63, 3.8) is 0 Å². The van der Waals surface area contributed by atoms with Gasteiger partial charge < -0.3 is 5.32 Å². The van der Waals surface area contributed by atoms with E-state index in [2.05, 4.69) is 55.6 Å². The highest BCUT2D eigenvalue weighted by Crippen LogP contribution is 2.24. The van der Waals surface area contributed by atoms with Crippen molar-refractivity contribution < 1.29 is 0 Å². The maximum atomic E-state index is 3.39. The molecule has 0 heterocycles. The molecule has 0 saturated heterocycles. The predicted octanol–water partition coefficient (Wildman–Crippen LogP) is 4.86. The van der Waals surface area contributed by atoms with Gasteiger partial charge in [0.15, 0.2) is 0 Å². The Morgan fingerprint density at radius 1 is 0.900 bits per heavy atom. The van der Waals surface area contributed by atoms with E-state index in [-0.39, 0.29) is 0 Å². The molecular weight excluding hydrogens is 242 g/mol. The summed E-state index contributed by atoms with van der Waals surface area (Å²) < 4.78 is 0. The standard InChI is InChI=1S/C19H27N/c1-3-20-15-9-5-4-6-11-18-16(2)13-14-17-10-7-8-12-19(17)18/h7-8,10,12-14,20H,3-6,9,11,15H2,1-2H3. The first-order chi connectivity index (χ1) is 9.83. The summed E-state index contributed by atoms with van der Waals surface area (Å²) in [4.78, 5) is 0. The van der Waals surface area contributed by atoms with Crippen molar-refractivity contribution in [3.05, 3.63) is 47.5 Å². The van der Waals surface area contributed by atoms with Crippen LogP contribution in [0.2, 0.25) is 0 Å². The molecule has 1 N–H and O–H groups in total. The lowest BCUT2D eigenvalue weighted by molar-refractivity contribution is 0.598. The van der Waals surface area contributed by atoms with Crippen LogP contribution in [0.15, 0.2) is 36.4 Å². The van der Waals surface area contributed by atoms with E-state index in [4.69, 9.17) is 0 Å². The Labute approximate surface area is 123 Å². The molecule has 0 unspecified atom stereocenters. The van der Waals surface area contributed by atoms with Crippen LogP contribution >= 0.6 is 0 Å². The number of rotatable bonds is 8. The van der Waals surface area contributed by atoms with Gasteiger partial charge in [-0.2, -0.15) is 0 Å². The van der Waals surface area contributed by atoms with Crippen LogP contribution in [0.5, 0.6) is 0 Å². The van der Waals surface area contributed by atoms with Gasteiger partial charge in [0.05, 0.1) is 0 Å². The third-order valence-electron chi connectivity index (χ3n) is 4.06. The van der Waals surface area contributed by atoms with Crippen LogP contribution < -0.4 is 5.32 Å². The molecule has 20 heavy (non-hydrogen) atoms. The molecule has 0 aliphatic carbocycles. The van der Waals surface area contributed by atoms with Gasteiger partial charge in [0.2, 0.25) is 0 Å². The number of unbranched alkanes of at least 4 members (excludes halogenated alkanes) is 3. The van der Waals surface area contributed by atoms with E-state index >= 15 is 0 Å². The van der Waals surface area contributed by atoms with E-state index in [1.807, 2.05) is 0 Å². The lowest BCUT2D eigenvalue weighted by atomic mass is 9.95. The predicted molar refractivity (Wildman–Crippen MR) is 89.4 cm³/mol. The second kappa shape index (κ2) is 8.06. The first-order valence-electron chi connectivity index (χ1n) is 8.01. The molecule has 1 nitrogen and oxygen atoms in total. The van der Waals surface area contributed by atoms with Crippen LogP contribution in [-0.2, 0) is 6.42 Å². The van der Waals surface area contributed by atoms with Crippen molar-refractivity contribution in [1.82, 2.24) is 5.32 Å². The first kappa shape index (κ1) is 15.1. The molecule has 0 saturated carbocycles. The van der Waals surface area contributed by atoms with E-state index in [0.717, 1.165) is 6.54 Å². The Bertz CT molecular complexity index is 530. The number of benzene rings is 2. The maximum absolute atomic E-state index is 3.39. The fourth-order valence-corrected chi connectivity index (χ4v) is 2.86. The molecule has 2 aromatic rings. The smallest absolute Gasteiger partial charge is 0.00490 e. The van der Waals surface area contributed by atoms with Crippen molar-refractivity contribution in [2.45, 2.75) is 46.0 Å². The van der Waals surface area contributed by atoms with Gasteiger partial charge in [-0.3, -0.25) is 0 Å². The summed E-state index contributed by atoms with van der Waals surface area (Å²) in [6, 6.07) is 13.3. The minimum absolute atomic E-state index is 1.09. The van der Waals surface area contributed by atoms with E-state index < -0.39 is 0 Å². The Hall–Kier alpha value is -1.34. The highest BCUT2D eigenvalue weighted by molar-refractivity contribution is 5.86. The van der Waals surface area contributed by atoms with Crippen molar-refractivity contribution in [3.8, 4) is 0 Å². The van der Waals surface area contributed by atoms with Crippen LogP contribution in [0.1, 0.15) is 43.7 Å². The Morgan fingerprint density at radius 3 is 2.55 bits per heavy atom. The molecule has 0 radical (unpaired) electrons. The molecule has 0 aliphatic rings. The van der Waals surface area contributed by atoms with Gasteiger partial charge in [-0.1, -0.05) is 56.2 Å². The first-order valence-corrected chi connectivity index (χ1v) is 8.01. The van der Waals surface area contributed by atoms with Gasteiger partial charge in [-0.25, -0.2) is 0 Å². The molecule has 0 fully saturated rings. The molecule has 2 rings (SSSR count). The number of nitrogens with one attached hydrogen (secondary N) is 1. The SMILES string of the molecule is CCNCCCCCCc1c(C)ccc2ccccc12. The van der Waals surface area contributed by atoms with Gasteiger partial charge in [0.1, 0.15) is 0 Å². The van der Waals surface area contributed by atoms with Crippen LogP contribution in [0, 0.1) is 6.92 Å². The Kier molecular flexibility index (Phi) is 6.07. The normalized spacial score (nSPS) is 11.1. The lowest BCUT2D eigenvalue weighted by Gasteiger charge is -2.10. The van der Waals surface area contributed by atoms with Gasteiger partial charge in [0.25, 0.3) is 0 Å². The number of hydrogen-bond acceptors (Lipinski definition) is 1. The molecule has 108 valence electrons. The third-order valence-corrected chi connectivity index (χ3v) is 4.06. The molecule has 0 aliphatic heterocycles. The summed E-state index contributed by atoms with van der Waals surface area (Å²) in [5.74, 6) is 0. The number of hydrogen-bond donors (Lipinski definition) is 1. The summed E-state index contributed by atoms with van der Waals surface area (Å²) in [7, 11) is 0. The summed E-state index contributed by atoms with van der Waals surface area (Å²) >= 11 is 0. The number of aryl methyl sites for hydroxylation is 2. The van der Waals surface area contributed by atoms with Gasteiger partial charge in [-0.05, 0) is 61.2 Å². The summed E-state index contributed by atoms with van der Waals surface area (Å²) in [6.45, 7) is 6.68. The summed E-state index contributed by atoms with van der Waals surface area (Å²) in [6.07, 6.45) is 6.52. The zero-order chi connectivity index (χ0) is 14.2. The third kappa shape index (κ3) is 4.08. The molecule has 0 aromatic heterocycles. The van der Waals surface area contributed by atoms with Crippen molar-refractivity contribution >= 4 is 10.8 Å². The molecule has 2 aromatic carbocycles. The lowest BCUT2D eigenvalue weighted by Crippen LogP contribution is -2.13. The molecule has 0 amide bonds. The molecule has 1 heteroatoms. The van der Waals surface area contributed by atoms with Crippen LogP contribution in [0.4, 0.5) is 0 Å². The molecule has 0 spiro atoms. The quantitative estimate of drug-likeness (QED) is 0.675. The van der Waals surface area contributed by atoms with E-state index in [9.17, 15) is 0 Å². The largest absolute Gasteiger partial charge is 0.317 e. The minimum atomic E-state index is 1.09. The average molecular weight is 269 g/mol. The maximum Gasteiger partial charge on any atom is -0.00490 e. The van der Waals surface area contributed by atoms with Crippen LogP contribution in [0.3, 0.4) is 0 Å². The minimum Gasteiger partial charge on any atom is -0.317 e. The highest BCUT2D eigenvalue weighted by Gasteiger charge is 2.04. The van der Waals surface area contributed by atoms with Crippen molar-refractivity contribution in [2.75, 3.05) is 13.1 Å². The Morgan fingerprint density at radius 2 is 1.70 bits per heavy atom. The topological polar surface area (TPSA) is 12.0 Å². The van der Waals surface area contributed by atoms with Crippen molar-refractivity contribution in [1.29, 1.82) is 0 Å². The molecule has 0 atom stereocenters. The molecule has 0 bridgehead atoms. The van der Waals surface area contributed by atoms with E-state index in [0.29, 0.717) is 0 Å². The van der Waals surface area contributed by atoms with E-state index in [1.54, 1.807) is 5.56 Å². The van der Waals surface area contributed by atoms with Gasteiger partial charge in [-0.15, -0.1) is 0 Å². The molecular formula is C19H27N. The second-order valence-corrected chi connectivity index (χ2v) is 5.60. The van der Waals surface area contributed by atoms with E-state index in [1.165, 1.54) is 55.0 Å². The Balaban J connectivity index is 1.88. The number of fused-ring (bicyclic) bond motifs is 1. The van der Waals surface area contributed by atoms with Crippen LogP contribution in [0.25, 0.3) is 10.8 Å². The summed E-state index contributed by atoms with van der Waals surface area (Å²) in [5.41, 5.74) is 2.99. The second-order valence-electron chi connectivity index (χ2n) is 5.60. The van der Waals surface area contributed by atoms with Gasteiger partial charge >= 0.3 is 0 Å². The van der Waals surface area contributed by atoms with Crippen molar-refractivity contribution in [2.24, 2.45) is 0 Å². The van der Waals surface area contributed by atoms with Gasteiger partial charge in [0, 0.05) is 0 Å². The fraction of sp³-hybridized carbons (Fsp3) is 0.474. The summed E-state index contributed by atoms with van der Waals surface area (Å²) in [5, 5.41) is 6.21. The average Bonchev–Trinajstić information content (AvgIpc) is 2.48. The zero-order valence-corrected chi connectivity index (χ0v) is 12.9. The van der Waals surface area contributed by atoms with Crippen LogP contribution in [-0.4, -0.2) is 13.1 Å².